The molecule has 1 atom stereocenters. The maximum atomic E-state index is 5.65. The highest BCUT2D eigenvalue weighted by atomic mass is 15.1. The third-order valence-corrected chi connectivity index (χ3v) is 2.72. The van der Waals surface area contributed by atoms with Crippen LogP contribution < -0.4 is 5.73 Å². The zero-order chi connectivity index (χ0) is 10.1. The summed E-state index contributed by atoms with van der Waals surface area (Å²) in [5.41, 5.74) is 5.65. The Morgan fingerprint density at radius 1 is 1.23 bits per heavy atom. The molecule has 80 valence electrons. The van der Waals surface area contributed by atoms with Crippen molar-refractivity contribution in [1.82, 2.24) is 4.90 Å². The molecule has 0 rings (SSSR count). The van der Waals surface area contributed by atoms with Gasteiger partial charge in [-0.25, -0.2) is 0 Å². The van der Waals surface area contributed by atoms with Crippen molar-refractivity contribution in [3.8, 4) is 0 Å². The third-order valence-electron chi connectivity index (χ3n) is 2.72. The summed E-state index contributed by atoms with van der Waals surface area (Å²) in [5.74, 6) is 0.726. The molecule has 1 unspecified atom stereocenters. The minimum atomic E-state index is 0.726. The van der Waals surface area contributed by atoms with Crippen LogP contribution in [0.4, 0.5) is 0 Å². The van der Waals surface area contributed by atoms with Crippen LogP contribution in [-0.4, -0.2) is 31.6 Å². The van der Waals surface area contributed by atoms with E-state index < -0.39 is 0 Å². The second-order valence-electron chi connectivity index (χ2n) is 3.96. The fourth-order valence-corrected chi connectivity index (χ4v) is 1.43. The van der Waals surface area contributed by atoms with Crippen molar-refractivity contribution < 1.29 is 0 Å². The topological polar surface area (TPSA) is 29.3 Å². The van der Waals surface area contributed by atoms with Gasteiger partial charge >= 0.3 is 0 Å². The SMILES string of the molecule is CCCCN(C)CCC(CC)CN. The molecule has 2 N–H and O–H groups in total. The van der Waals surface area contributed by atoms with Gasteiger partial charge in [0.05, 0.1) is 0 Å². The van der Waals surface area contributed by atoms with Crippen LogP contribution >= 0.6 is 0 Å². The number of rotatable bonds is 8. The van der Waals surface area contributed by atoms with Gasteiger partial charge in [-0.1, -0.05) is 26.7 Å². The molecule has 2 heteroatoms. The highest BCUT2D eigenvalue weighted by Gasteiger charge is 2.05. The van der Waals surface area contributed by atoms with Crippen LogP contribution in [0.15, 0.2) is 0 Å². The Hall–Kier alpha value is -0.0800. The van der Waals surface area contributed by atoms with Crippen molar-refractivity contribution >= 4 is 0 Å². The van der Waals surface area contributed by atoms with Crippen molar-refractivity contribution in [2.24, 2.45) is 11.7 Å². The van der Waals surface area contributed by atoms with Gasteiger partial charge in [-0.3, -0.25) is 0 Å². The smallest absolute Gasteiger partial charge is 0.00187 e. The molecule has 0 heterocycles. The molecule has 0 amide bonds. The molecule has 0 radical (unpaired) electrons. The molecule has 0 fully saturated rings. The Balaban J connectivity index is 3.38. The van der Waals surface area contributed by atoms with E-state index in [-0.39, 0.29) is 0 Å². The van der Waals surface area contributed by atoms with Gasteiger partial charge in [0.25, 0.3) is 0 Å². The fraction of sp³-hybridized carbons (Fsp3) is 1.00. The van der Waals surface area contributed by atoms with Gasteiger partial charge in [0.15, 0.2) is 0 Å². The largest absolute Gasteiger partial charge is 0.330 e. The van der Waals surface area contributed by atoms with Crippen molar-refractivity contribution in [3.05, 3.63) is 0 Å². The first-order valence-corrected chi connectivity index (χ1v) is 5.63. The lowest BCUT2D eigenvalue weighted by Crippen LogP contribution is -2.25. The summed E-state index contributed by atoms with van der Waals surface area (Å²) in [7, 11) is 2.21. The van der Waals surface area contributed by atoms with Crippen LogP contribution in [0.3, 0.4) is 0 Å². The lowest BCUT2D eigenvalue weighted by molar-refractivity contribution is 0.294. The summed E-state index contributed by atoms with van der Waals surface area (Å²) < 4.78 is 0. The molecule has 0 aromatic heterocycles. The Morgan fingerprint density at radius 3 is 2.38 bits per heavy atom. The van der Waals surface area contributed by atoms with E-state index >= 15 is 0 Å². The van der Waals surface area contributed by atoms with Gasteiger partial charge < -0.3 is 10.6 Å². The fourth-order valence-electron chi connectivity index (χ4n) is 1.43. The van der Waals surface area contributed by atoms with Gasteiger partial charge in [0.1, 0.15) is 0 Å². The van der Waals surface area contributed by atoms with Crippen LogP contribution in [0.5, 0.6) is 0 Å². The average Bonchev–Trinajstić information content (AvgIpc) is 2.16. The van der Waals surface area contributed by atoms with E-state index in [1.807, 2.05) is 0 Å². The number of nitrogens with two attached hydrogens (primary N) is 1. The first-order chi connectivity index (χ1) is 6.24. The molecular formula is C11H26N2. The average molecular weight is 186 g/mol. The lowest BCUT2D eigenvalue weighted by atomic mass is 10.0. The van der Waals surface area contributed by atoms with Crippen LogP contribution in [-0.2, 0) is 0 Å². The van der Waals surface area contributed by atoms with Crippen LogP contribution in [0.25, 0.3) is 0 Å². The molecule has 2 nitrogen and oxygen atoms in total. The molecule has 13 heavy (non-hydrogen) atoms. The van der Waals surface area contributed by atoms with Gasteiger partial charge in [-0.15, -0.1) is 0 Å². The van der Waals surface area contributed by atoms with E-state index in [2.05, 4.69) is 25.8 Å². The molecule has 0 aliphatic rings. The zero-order valence-electron chi connectivity index (χ0n) is 9.55. The third kappa shape index (κ3) is 7.03. The van der Waals surface area contributed by atoms with Gasteiger partial charge in [0.2, 0.25) is 0 Å². The van der Waals surface area contributed by atoms with Gasteiger partial charge in [-0.05, 0) is 45.4 Å². The minimum Gasteiger partial charge on any atom is -0.330 e. The summed E-state index contributed by atoms with van der Waals surface area (Å²) >= 11 is 0. The molecule has 0 saturated carbocycles. The number of nitrogens with zero attached hydrogens (tertiary/aromatic N) is 1. The normalized spacial score (nSPS) is 13.6. The van der Waals surface area contributed by atoms with E-state index in [1.165, 1.54) is 38.8 Å². The van der Waals surface area contributed by atoms with Crippen molar-refractivity contribution in [2.75, 3.05) is 26.7 Å². The van der Waals surface area contributed by atoms with E-state index in [1.54, 1.807) is 0 Å². The second-order valence-corrected chi connectivity index (χ2v) is 3.96. The first kappa shape index (κ1) is 12.9. The number of hydrogen-bond acceptors (Lipinski definition) is 2. The van der Waals surface area contributed by atoms with Gasteiger partial charge in [0, 0.05) is 0 Å². The van der Waals surface area contributed by atoms with Crippen LogP contribution in [0, 0.1) is 5.92 Å². The molecule has 0 saturated heterocycles. The number of hydrogen-bond donors (Lipinski definition) is 1. The Bertz CT molecular complexity index is 100. The zero-order valence-corrected chi connectivity index (χ0v) is 9.55. The standard InChI is InChI=1S/C11H26N2/c1-4-6-8-13(3)9-7-11(5-2)10-12/h11H,4-10,12H2,1-3H3. The molecule has 0 aromatic rings. The summed E-state index contributed by atoms with van der Waals surface area (Å²) in [4.78, 5) is 2.42. The highest BCUT2D eigenvalue weighted by molar-refractivity contribution is 4.60. The molecule has 0 bridgehead atoms. The quantitative estimate of drug-likeness (QED) is 0.629. The lowest BCUT2D eigenvalue weighted by Gasteiger charge is -2.19. The summed E-state index contributed by atoms with van der Waals surface area (Å²) in [6.07, 6.45) is 5.08. The monoisotopic (exact) mass is 186 g/mol. The second kappa shape index (κ2) is 8.52. The highest BCUT2D eigenvalue weighted by Crippen LogP contribution is 2.06. The Labute approximate surface area is 83.5 Å². The maximum Gasteiger partial charge on any atom is -0.00187 e. The molecular weight excluding hydrogens is 160 g/mol. The molecule has 0 aliphatic heterocycles. The molecule has 0 aliphatic carbocycles. The van der Waals surface area contributed by atoms with Crippen LogP contribution in [0.1, 0.15) is 39.5 Å². The van der Waals surface area contributed by atoms with Crippen LogP contribution in [0.2, 0.25) is 0 Å². The van der Waals surface area contributed by atoms with E-state index in [0.29, 0.717) is 0 Å². The predicted octanol–water partition coefficient (Wildman–Crippen LogP) is 2.09. The Morgan fingerprint density at radius 2 is 1.92 bits per heavy atom. The van der Waals surface area contributed by atoms with Gasteiger partial charge in [-0.2, -0.15) is 0 Å². The van der Waals surface area contributed by atoms with E-state index in [0.717, 1.165) is 12.5 Å². The van der Waals surface area contributed by atoms with E-state index in [4.69, 9.17) is 5.73 Å². The number of unbranched alkanes of at least 4 members (excludes halogenated alkanes) is 1. The Kier molecular flexibility index (Phi) is 8.46. The maximum absolute atomic E-state index is 5.65. The summed E-state index contributed by atoms with van der Waals surface area (Å²) in [5, 5.41) is 0. The minimum absolute atomic E-state index is 0.726. The summed E-state index contributed by atoms with van der Waals surface area (Å²) in [6, 6.07) is 0. The van der Waals surface area contributed by atoms with Crippen molar-refractivity contribution in [2.45, 2.75) is 39.5 Å². The van der Waals surface area contributed by atoms with Crippen molar-refractivity contribution in [3.63, 3.8) is 0 Å². The van der Waals surface area contributed by atoms with Crippen molar-refractivity contribution in [1.29, 1.82) is 0 Å². The summed E-state index contributed by atoms with van der Waals surface area (Å²) in [6.45, 7) is 7.75. The first-order valence-electron chi connectivity index (χ1n) is 5.63. The van der Waals surface area contributed by atoms with E-state index in [9.17, 15) is 0 Å². The molecule has 0 aromatic carbocycles. The molecule has 0 spiro atoms. The predicted molar refractivity (Wildman–Crippen MR) is 59.9 cm³/mol.